The molecule has 0 radical (unpaired) electrons. The predicted octanol–water partition coefficient (Wildman–Crippen LogP) is 1.84. The van der Waals surface area contributed by atoms with Gasteiger partial charge in [0.05, 0.1) is 16.8 Å². The van der Waals surface area contributed by atoms with E-state index in [1.165, 1.54) is 43.6 Å². The highest BCUT2D eigenvalue weighted by Crippen LogP contribution is 2.31. The van der Waals surface area contributed by atoms with Crippen molar-refractivity contribution in [1.82, 2.24) is 20.1 Å². The molecular weight excluding hydrogens is 388 g/mol. The van der Waals surface area contributed by atoms with Crippen LogP contribution in [0, 0.1) is 25.7 Å². The third-order valence-corrected chi connectivity index (χ3v) is 7.29. The van der Waals surface area contributed by atoms with Crippen LogP contribution < -0.4 is 5.32 Å². The number of thiazole rings is 1. The molecule has 2 amide bonds. The molecule has 1 N–H and O–H groups in total. The van der Waals surface area contributed by atoms with Crippen LogP contribution in [-0.2, 0) is 9.53 Å². The van der Waals surface area contributed by atoms with Gasteiger partial charge in [-0.2, -0.15) is 0 Å². The number of carbonyl (C=O) groups excluding carboxylic acids is 2. The topological polar surface area (TPSA) is 74.8 Å². The van der Waals surface area contributed by atoms with Crippen molar-refractivity contribution < 1.29 is 14.3 Å². The second-order valence-electron chi connectivity index (χ2n) is 8.78. The van der Waals surface area contributed by atoms with Crippen LogP contribution in [0.4, 0.5) is 0 Å². The maximum atomic E-state index is 12.4. The highest BCUT2D eigenvalue weighted by Gasteiger charge is 2.31. The van der Waals surface area contributed by atoms with E-state index in [0.717, 1.165) is 36.3 Å². The van der Waals surface area contributed by atoms with Gasteiger partial charge in [0.2, 0.25) is 5.91 Å². The lowest BCUT2D eigenvalue weighted by Gasteiger charge is -2.38. The summed E-state index contributed by atoms with van der Waals surface area (Å²) in [4.78, 5) is 34.3. The third-order valence-electron chi connectivity index (χ3n) is 6.22. The molecule has 4 rings (SSSR count). The van der Waals surface area contributed by atoms with E-state index >= 15 is 0 Å². The number of nitrogens with one attached hydrogen (secondary N) is 1. The molecule has 29 heavy (non-hydrogen) atoms. The lowest BCUT2D eigenvalue weighted by Crippen LogP contribution is -2.52. The highest BCUT2D eigenvalue weighted by molar-refractivity contribution is 7.13. The molecule has 160 valence electrons. The van der Waals surface area contributed by atoms with E-state index in [2.05, 4.69) is 15.2 Å². The normalized spacial score (nSPS) is 24.1. The minimum absolute atomic E-state index is 0.0712. The van der Waals surface area contributed by atoms with Gasteiger partial charge in [0.1, 0.15) is 11.5 Å². The largest absolute Gasteiger partial charge is 0.365 e. The summed E-state index contributed by atoms with van der Waals surface area (Å²) in [6, 6.07) is 0. The predicted molar refractivity (Wildman–Crippen MR) is 112 cm³/mol. The quantitative estimate of drug-likeness (QED) is 0.729. The fraction of sp³-hybridized carbons (Fsp3) is 0.762. The molecule has 0 unspecified atom stereocenters. The van der Waals surface area contributed by atoms with Gasteiger partial charge in [0.25, 0.3) is 5.91 Å². The first-order valence-corrected chi connectivity index (χ1v) is 11.6. The zero-order valence-electron chi connectivity index (χ0n) is 17.5. The van der Waals surface area contributed by atoms with E-state index in [0.29, 0.717) is 23.9 Å². The lowest BCUT2D eigenvalue weighted by molar-refractivity contribution is -0.149. The molecular formula is C21H32N4O3S. The van der Waals surface area contributed by atoms with Gasteiger partial charge in [-0.05, 0) is 64.5 Å². The highest BCUT2D eigenvalue weighted by atomic mass is 32.1. The van der Waals surface area contributed by atoms with Crippen LogP contribution in [0.2, 0.25) is 0 Å². The van der Waals surface area contributed by atoms with Crippen LogP contribution in [0.1, 0.15) is 46.1 Å². The number of amides is 2. The van der Waals surface area contributed by atoms with Crippen LogP contribution in [0.5, 0.6) is 0 Å². The molecule has 2 saturated heterocycles. The van der Waals surface area contributed by atoms with Gasteiger partial charge >= 0.3 is 0 Å². The maximum absolute atomic E-state index is 12.4. The van der Waals surface area contributed by atoms with Gasteiger partial charge in [-0.1, -0.05) is 0 Å². The zero-order chi connectivity index (χ0) is 20.4. The molecule has 1 aliphatic carbocycles. The van der Waals surface area contributed by atoms with Crippen LogP contribution in [0.25, 0.3) is 0 Å². The van der Waals surface area contributed by atoms with Gasteiger partial charge in [-0.3, -0.25) is 9.59 Å². The fourth-order valence-electron chi connectivity index (χ4n) is 4.34. The van der Waals surface area contributed by atoms with Crippen LogP contribution >= 0.6 is 11.3 Å². The molecule has 1 saturated carbocycles. The van der Waals surface area contributed by atoms with Gasteiger partial charge in [-0.25, -0.2) is 4.98 Å². The summed E-state index contributed by atoms with van der Waals surface area (Å²) >= 11 is 1.41. The lowest BCUT2D eigenvalue weighted by atomic mass is 9.95. The molecule has 1 aromatic heterocycles. The maximum Gasteiger partial charge on any atom is 0.263 e. The summed E-state index contributed by atoms with van der Waals surface area (Å²) in [6.45, 7) is 9.24. The monoisotopic (exact) mass is 420 g/mol. The first-order valence-electron chi connectivity index (χ1n) is 10.8. The van der Waals surface area contributed by atoms with E-state index in [4.69, 9.17) is 4.74 Å². The van der Waals surface area contributed by atoms with E-state index < -0.39 is 0 Å². The number of likely N-dealkylation sites (tertiary alicyclic amines) is 1. The van der Waals surface area contributed by atoms with Crippen LogP contribution in [-0.4, -0.2) is 78.6 Å². The average Bonchev–Trinajstić information content (AvgIpc) is 3.45. The van der Waals surface area contributed by atoms with Crippen molar-refractivity contribution in [2.24, 2.45) is 11.8 Å². The first-order chi connectivity index (χ1) is 14.0. The van der Waals surface area contributed by atoms with Crippen molar-refractivity contribution in [3.05, 3.63) is 15.6 Å². The van der Waals surface area contributed by atoms with Crippen molar-refractivity contribution in [2.75, 3.05) is 45.9 Å². The number of nitrogens with zero attached hydrogens (tertiary/aromatic N) is 3. The van der Waals surface area contributed by atoms with E-state index in [1.54, 1.807) is 0 Å². The van der Waals surface area contributed by atoms with Crippen molar-refractivity contribution in [2.45, 2.75) is 45.6 Å². The Morgan fingerprint density at radius 3 is 2.55 bits per heavy atom. The Morgan fingerprint density at radius 2 is 1.90 bits per heavy atom. The second kappa shape index (κ2) is 9.10. The molecule has 2 aliphatic heterocycles. The summed E-state index contributed by atoms with van der Waals surface area (Å²) in [5.74, 6) is 1.48. The van der Waals surface area contributed by atoms with E-state index in [9.17, 15) is 9.59 Å². The van der Waals surface area contributed by atoms with Gasteiger partial charge in [0, 0.05) is 26.2 Å². The van der Waals surface area contributed by atoms with Gasteiger partial charge in [0.15, 0.2) is 0 Å². The van der Waals surface area contributed by atoms with Crippen LogP contribution in [0.15, 0.2) is 0 Å². The molecule has 1 atom stereocenters. The number of rotatable bonds is 7. The number of ether oxygens (including phenoxy) is 1. The number of piperidine rings is 1. The molecule has 1 aromatic rings. The summed E-state index contributed by atoms with van der Waals surface area (Å²) in [5.41, 5.74) is 0.763. The summed E-state index contributed by atoms with van der Waals surface area (Å²) in [5, 5.41) is 3.84. The Bertz CT molecular complexity index is 740. The fourth-order valence-corrected chi connectivity index (χ4v) is 5.17. The molecule has 3 aliphatic rings. The second-order valence-corrected chi connectivity index (χ2v) is 9.98. The Balaban J connectivity index is 1.22. The number of aryl methyl sites for hydroxylation is 2. The molecule has 0 bridgehead atoms. The van der Waals surface area contributed by atoms with E-state index in [-0.39, 0.29) is 24.5 Å². The molecule has 0 spiro atoms. The van der Waals surface area contributed by atoms with Crippen molar-refractivity contribution in [3.8, 4) is 0 Å². The van der Waals surface area contributed by atoms with Crippen molar-refractivity contribution in [1.29, 1.82) is 0 Å². The average molecular weight is 421 g/mol. The molecule has 7 nitrogen and oxygen atoms in total. The minimum atomic E-state index is -0.152. The SMILES string of the molecule is Cc1nc(C)c(C(=O)NC[C@@H]2CN(CC3CCN(CC4CC4)CC3)C(=O)CO2)s1. The van der Waals surface area contributed by atoms with Gasteiger partial charge in [-0.15, -0.1) is 11.3 Å². The first kappa shape index (κ1) is 20.8. The molecule has 0 aromatic carbocycles. The summed E-state index contributed by atoms with van der Waals surface area (Å²) in [6.07, 6.45) is 5.00. The molecule has 3 fully saturated rings. The number of morpholine rings is 1. The standard InChI is InChI=1S/C21H32N4O3S/c1-14-20(29-15(2)23-14)21(27)22-9-18-12-25(19(26)13-28-18)11-17-5-7-24(8-6-17)10-16-3-4-16/h16-18H,3-13H2,1-2H3,(H,22,27)/t18-/m1/s1. The molecule has 8 heteroatoms. The van der Waals surface area contributed by atoms with Gasteiger partial charge < -0.3 is 19.9 Å². The van der Waals surface area contributed by atoms with E-state index in [1.807, 2.05) is 18.7 Å². The summed E-state index contributed by atoms with van der Waals surface area (Å²) in [7, 11) is 0. The minimum Gasteiger partial charge on any atom is -0.365 e. The Hall–Kier alpha value is -1.51. The summed E-state index contributed by atoms with van der Waals surface area (Å²) < 4.78 is 5.67. The number of hydrogen-bond acceptors (Lipinski definition) is 6. The Labute approximate surface area is 176 Å². The number of aromatic nitrogens is 1. The van der Waals surface area contributed by atoms with Crippen molar-refractivity contribution >= 4 is 23.2 Å². The third kappa shape index (κ3) is 5.55. The Kier molecular flexibility index (Phi) is 6.51. The van der Waals surface area contributed by atoms with Crippen LogP contribution in [0.3, 0.4) is 0 Å². The smallest absolute Gasteiger partial charge is 0.263 e. The van der Waals surface area contributed by atoms with Crippen molar-refractivity contribution in [3.63, 3.8) is 0 Å². The Morgan fingerprint density at radius 1 is 1.17 bits per heavy atom. The zero-order valence-corrected chi connectivity index (χ0v) is 18.3. The number of carbonyl (C=O) groups is 2. The number of hydrogen-bond donors (Lipinski definition) is 1. The molecule has 3 heterocycles.